The molecule has 0 amide bonds. The zero-order chi connectivity index (χ0) is 14.0. The van der Waals surface area contributed by atoms with Gasteiger partial charge in [-0.05, 0) is 12.6 Å². The average Bonchev–Trinajstić information content (AvgIpc) is 2.34. The third-order valence-electron chi connectivity index (χ3n) is 2.74. The molecule has 1 aromatic carbocycles. The fourth-order valence-electron chi connectivity index (χ4n) is 1.78. The lowest BCUT2D eigenvalue weighted by atomic mass is 10.2. The van der Waals surface area contributed by atoms with Gasteiger partial charge >= 0.3 is 0 Å². The van der Waals surface area contributed by atoms with Crippen LogP contribution in [0.5, 0.6) is 11.5 Å². The number of hydrogen-bond donors (Lipinski definition) is 1. The number of nitrogens with one attached hydrogen (secondary N) is 1. The molecule has 0 bridgehead atoms. The van der Waals surface area contributed by atoms with Gasteiger partial charge in [0.15, 0.2) is 27.2 Å². The monoisotopic (exact) mass is 289 g/mol. The standard InChI is InChI=1S/C12H16FNO4S/c1-3-14-6-8-7-17-12-10(13)4-9(19(2,15)16)5-11(12)18-8/h4-5,8,14H,3,6-7H2,1-2H3. The molecule has 19 heavy (non-hydrogen) atoms. The maximum absolute atomic E-state index is 13.8. The van der Waals surface area contributed by atoms with Gasteiger partial charge < -0.3 is 14.8 Å². The summed E-state index contributed by atoms with van der Waals surface area (Å²) >= 11 is 0. The van der Waals surface area contributed by atoms with Crippen LogP contribution in [0, 0.1) is 5.82 Å². The highest BCUT2D eigenvalue weighted by atomic mass is 32.2. The van der Waals surface area contributed by atoms with Gasteiger partial charge in [0.1, 0.15) is 12.7 Å². The van der Waals surface area contributed by atoms with Crippen LogP contribution >= 0.6 is 0 Å². The lowest BCUT2D eigenvalue weighted by molar-refractivity contribution is 0.0861. The molecule has 2 rings (SSSR count). The Hall–Kier alpha value is -1.34. The van der Waals surface area contributed by atoms with E-state index in [2.05, 4.69) is 5.32 Å². The van der Waals surface area contributed by atoms with Crippen LogP contribution in [0.15, 0.2) is 17.0 Å². The Morgan fingerprint density at radius 3 is 2.84 bits per heavy atom. The van der Waals surface area contributed by atoms with Crippen molar-refractivity contribution in [3.63, 3.8) is 0 Å². The smallest absolute Gasteiger partial charge is 0.197 e. The van der Waals surface area contributed by atoms with E-state index in [0.29, 0.717) is 6.54 Å². The molecule has 1 heterocycles. The molecule has 0 spiro atoms. The maximum atomic E-state index is 13.8. The number of fused-ring (bicyclic) bond motifs is 1. The van der Waals surface area contributed by atoms with Gasteiger partial charge in [-0.15, -0.1) is 0 Å². The van der Waals surface area contributed by atoms with Crippen LogP contribution in [0.25, 0.3) is 0 Å². The second-order valence-electron chi connectivity index (χ2n) is 4.36. The van der Waals surface area contributed by atoms with E-state index >= 15 is 0 Å². The maximum Gasteiger partial charge on any atom is 0.197 e. The molecule has 1 aromatic rings. The van der Waals surface area contributed by atoms with Gasteiger partial charge in [0.2, 0.25) is 0 Å². The zero-order valence-electron chi connectivity index (χ0n) is 10.8. The van der Waals surface area contributed by atoms with Gasteiger partial charge in [0.05, 0.1) is 4.90 Å². The van der Waals surface area contributed by atoms with Crippen molar-refractivity contribution in [1.29, 1.82) is 0 Å². The summed E-state index contributed by atoms with van der Waals surface area (Å²) in [5.74, 6) is -0.616. The molecule has 0 radical (unpaired) electrons. The summed E-state index contributed by atoms with van der Waals surface area (Å²) in [5, 5.41) is 3.09. The quantitative estimate of drug-likeness (QED) is 0.895. The Bertz CT molecular complexity index is 573. The summed E-state index contributed by atoms with van der Waals surface area (Å²) in [6, 6.07) is 2.24. The number of benzene rings is 1. The summed E-state index contributed by atoms with van der Waals surface area (Å²) in [6.45, 7) is 3.53. The highest BCUT2D eigenvalue weighted by molar-refractivity contribution is 7.90. The van der Waals surface area contributed by atoms with Crippen molar-refractivity contribution >= 4 is 9.84 Å². The van der Waals surface area contributed by atoms with Gasteiger partial charge in [-0.25, -0.2) is 12.8 Å². The molecule has 0 fully saturated rings. The van der Waals surface area contributed by atoms with Gasteiger partial charge in [-0.2, -0.15) is 0 Å². The minimum atomic E-state index is -3.48. The fraction of sp³-hybridized carbons (Fsp3) is 0.500. The third-order valence-corrected chi connectivity index (χ3v) is 3.83. The molecule has 7 heteroatoms. The second kappa shape index (κ2) is 5.34. The van der Waals surface area contributed by atoms with E-state index in [-0.39, 0.29) is 29.1 Å². The molecule has 0 saturated carbocycles. The molecule has 0 saturated heterocycles. The van der Waals surface area contributed by atoms with E-state index in [1.54, 1.807) is 0 Å². The normalized spacial score (nSPS) is 18.4. The number of hydrogen-bond acceptors (Lipinski definition) is 5. The summed E-state index contributed by atoms with van der Waals surface area (Å²) in [4.78, 5) is -0.114. The van der Waals surface area contributed by atoms with Crippen LogP contribution in [-0.2, 0) is 9.84 Å². The number of ether oxygens (including phenoxy) is 2. The summed E-state index contributed by atoms with van der Waals surface area (Å²) < 4.78 is 47.5. The molecule has 106 valence electrons. The predicted molar refractivity (Wildman–Crippen MR) is 68.0 cm³/mol. The molecule has 5 nitrogen and oxygen atoms in total. The SMILES string of the molecule is CCNCC1COc2c(F)cc(S(C)(=O)=O)cc2O1. The fourth-order valence-corrected chi connectivity index (χ4v) is 2.42. The first-order chi connectivity index (χ1) is 8.91. The van der Waals surface area contributed by atoms with Crippen LogP contribution in [0.4, 0.5) is 4.39 Å². The lowest BCUT2D eigenvalue weighted by Gasteiger charge is -2.27. The zero-order valence-corrected chi connectivity index (χ0v) is 11.6. The molecular formula is C12H16FNO4S. The molecule has 1 unspecified atom stereocenters. The number of likely N-dealkylation sites (N-methyl/N-ethyl adjacent to an activating group) is 1. The van der Waals surface area contributed by atoms with Crippen LogP contribution in [-0.4, -0.2) is 40.5 Å². The van der Waals surface area contributed by atoms with Crippen LogP contribution in [0.2, 0.25) is 0 Å². The largest absolute Gasteiger partial charge is 0.483 e. The first-order valence-electron chi connectivity index (χ1n) is 5.95. The molecular weight excluding hydrogens is 273 g/mol. The summed E-state index contributed by atoms with van der Waals surface area (Å²) in [6.07, 6.45) is 0.759. The Labute approximate surface area is 111 Å². The Morgan fingerprint density at radius 1 is 1.47 bits per heavy atom. The lowest BCUT2D eigenvalue weighted by Crippen LogP contribution is -2.38. The Kier molecular flexibility index (Phi) is 3.96. The van der Waals surface area contributed by atoms with Crippen LogP contribution in [0.1, 0.15) is 6.92 Å². The van der Waals surface area contributed by atoms with Crippen molar-refractivity contribution in [3.8, 4) is 11.5 Å². The number of halogens is 1. The summed E-state index contributed by atoms with van der Waals surface area (Å²) in [7, 11) is -3.48. The van der Waals surface area contributed by atoms with Crippen molar-refractivity contribution < 1.29 is 22.3 Å². The first-order valence-corrected chi connectivity index (χ1v) is 7.84. The molecule has 1 N–H and O–H groups in total. The highest BCUT2D eigenvalue weighted by Crippen LogP contribution is 2.36. The van der Waals surface area contributed by atoms with E-state index in [9.17, 15) is 12.8 Å². The van der Waals surface area contributed by atoms with Gasteiger partial charge in [-0.3, -0.25) is 0 Å². The van der Waals surface area contributed by atoms with E-state index < -0.39 is 15.7 Å². The average molecular weight is 289 g/mol. The minimum Gasteiger partial charge on any atom is -0.483 e. The Morgan fingerprint density at radius 2 is 2.21 bits per heavy atom. The van der Waals surface area contributed by atoms with Gasteiger partial charge in [0.25, 0.3) is 0 Å². The predicted octanol–water partition coefficient (Wildman–Crippen LogP) is 0.979. The van der Waals surface area contributed by atoms with Crippen molar-refractivity contribution in [3.05, 3.63) is 17.9 Å². The van der Waals surface area contributed by atoms with E-state index in [1.807, 2.05) is 6.92 Å². The van der Waals surface area contributed by atoms with E-state index in [4.69, 9.17) is 9.47 Å². The van der Waals surface area contributed by atoms with Crippen LogP contribution < -0.4 is 14.8 Å². The topological polar surface area (TPSA) is 64.6 Å². The van der Waals surface area contributed by atoms with Gasteiger partial charge in [0, 0.05) is 18.9 Å². The first kappa shape index (κ1) is 14.1. The van der Waals surface area contributed by atoms with Crippen molar-refractivity contribution in [1.82, 2.24) is 5.32 Å². The van der Waals surface area contributed by atoms with Crippen molar-refractivity contribution in [2.24, 2.45) is 0 Å². The highest BCUT2D eigenvalue weighted by Gasteiger charge is 2.26. The molecule has 1 atom stereocenters. The molecule has 1 aliphatic rings. The van der Waals surface area contributed by atoms with E-state index in [0.717, 1.165) is 18.9 Å². The molecule has 0 aromatic heterocycles. The third kappa shape index (κ3) is 3.16. The van der Waals surface area contributed by atoms with Crippen LogP contribution in [0.3, 0.4) is 0 Å². The van der Waals surface area contributed by atoms with Crippen molar-refractivity contribution in [2.75, 3.05) is 26.0 Å². The van der Waals surface area contributed by atoms with Crippen molar-refractivity contribution in [2.45, 2.75) is 17.9 Å². The summed E-state index contributed by atoms with van der Waals surface area (Å²) in [5.41, 5.74) is 0. The number of rotatable bonds is 4. The minimum absolute atomic E-state index is 0.0276. The molecule has 1 aliphatic heterocycles. The molecule has 0 aliphatic carbocycles. The second-order valence-corrected chi connectivity index (χ2v) is 6.38. The van der Waals surface area contributed by atoms with Gasteiger partial charge in [-0.1, -0.05) is 6.92 Å². The Balaban J connectivity index is 2.30. The number of sulfone groups is 1. The van der Waals surface area contributed by atoms with E-state index in [1.165, 1.54) is 6.07 Å².